The summed E-state index contributed by atoms with van der Waals surface area (Å²) < 4.78 is 5.14. The molecule has 1 heterocycles. The molecule has 0 aliphatic rings. The molecule has 10 heteroatoms. The Labute approximate surface area is 177 Å². The number of ether oxygens (including phenoxy) is 1. The van der Waals surface area contributed by atoms with Crippen molar-refractivity contribution in [1.29, 1.82) is 0 Å². The van der Waals surface area contributed by atoms with E-state index in [1.165, 1.54) is 18.5 Å². The number of hydrogen-bond donors (Lipinski definition) is 4. The number of methoxy groups -OCH3 is 1. The summed E-state index contributed by atoms with van der Waals surface area (Å²) in [5, 5.41) is 3.80. The monoisotopic (exact) mass is 432 g/mol. The molecule has 0 atom stereocenters. The zero-order valence-electron chi connectivity index (χ0n) is 15.4. The molecule has 8 nitrogen and oxygen atoms in total. The first-order valence-corrected chi connectivity index (χ1v) is 9.22. The number of halogens is 2. The highest BCUT2D eigenvalue weighted by Gasteiger charge is 2.13. The molecule has 0 radical (unpaired) electrons. The normalized spacial score (nSPS) is 10.3. The molecule has 3 rings (SSSR count). The second-order valence-corrected chi connectivity index (χ2v) is 6.73. The van der Waals surface area contributed by atoms with Crippen molar-refractivity contribution in [3.05, 3.63) is 70.0 Å². The number of carbonyl (C=O) groups excluding carboxylic acids is 1. The molecule has 1 aromatic heterocycles. The van der Waals surface area contributed by atoms with Crippen molar-refractivity contribution in [2.75, 3.05) is 23.6 Å². The van der Waals surface area contributed by atoms with Crippen LogP contribution in [0.25, 0.3) is 0 Å². The molecule has 0 aliphatic carbocycles. The van der Waals surface area contributed by atoms with E-state index in [4.69, 9.17) is 33.7 Å². The van der Waals surface area contributed by atoms with Crippen LogP contribution in [0.4, 0.5) is 17.3 Å². The molecule has 0 spiro atoms. The number of carbonyl (C=O) groups is 1. The number of amides is 1. The summed E-state index contributed by atoms with van der Waals surface area (Å²) >= 11 is 11.9. The second kappa shape index (κ2) is 9.31. The lowest BCUT2D eigenvalue weighted by Gasteiger charge is -2.13. The van der Waals surface area contributed by atoms with Gasteiger partial charge in [0, 0.05) is 11.6 Å². The predicted octanol–water partition coefficient (Wildman–Crippen LogP) is 3.74. The van der Waals surface area contributed by atoms with E-state index in [-0.39, 0.29) is 22.1 Å². The molecular weight excluding hydrogens is 415 g/mol. The highest BCUT2D eigenvalue weighted by atomic mass is 35.5. The number of nitrogen functional groups attached to an aromatic ring is 1. The van der Waals surface area contributed by atoms with Crippen LogP contribution in [0, 0.1) is 0 Å². The minimum Gasteiger partial charge on any atom is -0.497 e. The molecule has 1 amide bonds. The van der Waals surface area contributed by atoms with Crippen molar-refractivity contribution in [2.45, 2.75) is 6.54 Å². The summed E-state index contributed by atoms with van der Waals surface area (Å²) in [6.07, 6.45) is 1.33. The van der Waals surface area contributed by atoms with Crippen LogP contribution in [0.3, 0.4) is 0 Å². The summed E-state index contributed by atoms with van der Waals surface area (Å²) in [4.78, 5) is 20.5. The maximum absolute atomic E-state index is 12.3. The van der Waals surface area contributed by atoms with Crippen molar-refractivity contribution in [2.24, 2.45) is 0 Å². The minimum absolute atomic E-state index is 0.231. The number of nitrogens with two attached hydrogens (primary N) is 1. The third-order valence-electron chi connectivity index (χ3n) is 3.97. The van der Waals surface area contributed by atoms with Gasteiger partial charge < -0.3 is 15.8 Å². The largest absolute Gasteiger partial charge is 0.497 e. The van der Waals surface area contributed by atoms with Crippen LogP contribution in [0.2, 0.25) is 10.0 Å². The number of hydrazine groups is 1. The molecule has 0 saturated heterocycles. The Morgan fingerprint density at radius 2 is 1.83 bits per heavy atom. The zero-order valence-corrected chi connectivity index (χ0v) is 16.9. The summed E-state index contributed by atoms with van der Waals surface area (Å²) in [6, 6.07) is 12.2. The van der Waals surface area contributed by atoms with Gasteiger partial charge >= 0.3 is 0 Å². The van der Waals surface area contributed by atoms with Gasteiger partial charge in [-0.3, -0.25) is 15.6 Å². The Balaban J connectivity index is 1.64. The first-order valence-electron chi connectivity index (χ1n) is 8.46. The van der Waals surface area contributed by atoms with Gasteiger partial charge in [0.25, 0.3) is 5.91 Å². The van der Waals surface area contributed by atoms with E-state index < -0.39 is 5.91 Å². The fourth-order valence-electron chi connectivity index (χ4n) is 2.42. The maximum atomic E-state index is 12.3. The van der Waals surface area contributed by atoms with E-state index in [0.717, 1.165) is 11.3 Å². The summed E-state index contributed by atoms with van der Waals surface area (Å²) in [6.45, 7) is 0.497. The Morgan fingerprint density at radius 1 is 1.10 bits per heavy atom. The first kappa shape index (κ1) is 20.5. The zero-order chi connectivity index (χ0) is 20.8. The van der Waals surface area contributed by atoms with E-state index in [1.807, 2.05) is 24.3 Å². The lowest BCUT2D eigenvalue weighted by molar-refractivity contribution is 0.0962. The number of anilines is 3. The number of aromatic nitrogens is 2. The van der Waals surface area contributed by atoms with Crippen molar-refractivity contribution in [3.63, 3.8) is 0 Å². The average Bonchev–Trinajstić information content (AvgIpc) is 2.72. The molecule has 0 saturated carbocycles. The van der Waals surface area contributed by atoms with Crippen molar-refractivity contribution in [3.8, 4) is 5.75 Å². The van der Waals surface area contributed by atoms with Crippen molar-refractivity contribution in [1.82, 2.24) is 15.4 Å². The molecule has 150 valence electrons. The topological polar surface area (TPSA) is 114 Å². The van der Waals surface area contributed by atoms with Gasteiger partial charge in [-0.05, 0) is 35.9 Å². The highest BCUT2D eigenvalue weighted by molar-refractivity contribution is 6.36. The SMILES string of the molecule is COc1ccc(CNc2ncnc(NNC(=O)c3ccc(Cl)cc3Cl)c2N)cc1. The van der Waals surface area contributed by atoms with Gasteiger partial charge in [-0.1, -0.05) is 35.3 Å². The van der Waals surface area contributed by atoms with E-state index >= 15 is 0 Å². The second-order valence-electron chi connectivity index (χ2n) is 5.89. The molecule has 0 aliphatic heterocycles. The molecule has 0 bridgehead atoms. The highest BCUT2D eigenvalue weighted by Crippen LogP contribution is 2.24. The lowest BCUT2D eigenvalue weighted by atomic mass is 10.2. The average molecular weight is 433 g/mol. The van der Waals surface area contributed by atoms with Crippen LogP contribution in [0.1, 0.15) is 15.9 Å². The smallest absolute Gasteiger partial charge is 0.271 e. The molecule has 29 heavy (non-hydrogen) atoms. The van der Waals surface area contributed by atoms with Gasteiger partial charge in [-0.15, -0.1) is 0 Å². The van der Waals surface area contributed by atoms with Gasteiger partial charge in [0.2, 0.25) is 0 Å². The van der Waals surface area contributed by atoms with Crippen molar-refractivity contribution < 1.29 is 9.53 Å². The number of nitrogens with one attached hydrogen (secondary N) is 3. The van der Waals surface area contributed by atoms with Crippen LogP contribution in [-0.4, -0.2) is 23.0 Å². The summed E-state index contributed by atoms with van der Waals surface area (Å²) in [5.74, 6) is 0.989. The van der Waals surface area contributed by atoms with Crippen molar-refractivity contribution >= 4 is 46.4 Å². The van der Waals surface area contributed by atoms with Gasteiger partial charge in [-0.2, -0.15) is 0 Å². The van der Waals surface area contributed by atoms with E-state index in [1.54, 1.807) is 13.2 Å². The van der Waals surface area contributed by atoms with E-state index in [9.17, 15) is 4.79 Å². The number of hydrogen-bond acceptors (Lipinski definition) is 7. The van der Waals surface area contributed by atoms with E-state index in [2.05, 4.69) is 26.1 Å². The third kappa shape index (κ3) is 5.18. The van der Waals surface area contributed by atoms with Crippen LogP contribution in [0.5, 0.6) is 5.75 Å². The van der Waals surface area contributed by atoms with Gasteiger partial charge in [0.05, 0.1) is 17.7 Å². The van der Waals surface area contributed by atoms with Crippen LogP contribution in [-0.2, 0) is 6.54 Å². The van der Waals surface area contributed by atoms with Crippen LogP contribution < -0.4 is 26.6 Å². The molecule has 0 fully saturated rings. The number of nitrogens with zero attached hydrogens (tertiary/aromatic N) is 2. The minimum atomic E-state index is -0.461. The van der Waals surface area contributed by atoms with Crippen LogP contribution in [0.15, 0.2) is 48.8 Å². The molecular formula is C19H18Cl2N6O2. The summed E-state index contributed by atoms with van der Waals surface area (Å²) in [5.41, 5.74) is 12.8. The molecule has 2 aromatic carbocycles. The molecule has 3 aromatic rings. The Morgan fingerprint density at radius 3 is 2.52 bits per heavy atom. The lowest BCUT2D eigenvalue weighted by Crippen LogP contribution is -2.30. The predicted molar refractivity (Wildman–Crippen MR) is 114 cm³/mol. The Bertz CT molecular complexity index is 1010. The fourth-order valence-corrected chi connectivity index (χ4v) is 2.92. The quantitative estimate of drug-likeness (QED) is 0.420. The molecule has 0 unspecified atom stereocenters. The Kier molecular flexibility index (Phi) is 6.58. The van der Waals surface area contributed by atoms with Gasteiger partial charge in [0.15, 0.2) is 11.6 Å². The number of rotatable bonds is 7. The van der Waals surface area contributed by atoms with Crippen LogP contribution >= 0.6 is 23.2 Å². The number of benzene rings is 2. The maximum Gasteiger partial charge on any atom is 0.271 e. The van der Waals surface area contributed by atoms with E-state index in [0.29, 0.717) is 17.4 Å². The van der Waals surface area contributed by atoms with Gasteiger partial charge in [-0.25, -0.2) is 9.97 Å². The third-order valence-corrected chi connectivity index (χ3v) is 4.52. The fraction of sp³-hybridized carbons (Fsp3) is 0.105. The Hall–Kier alpha value is -3.23. The molecule has 5 N–H and O–H groups in total. The summed E-state index contributed by atoms with van der Waals surface area (Å²) in [7, 11) is 1.61. The first-order chi connectivity index (χ1) is 14.0. The standard InChI is InChI=1S/C19H18Cl2N6O2/c1-29-13-5-2-11(3-6-13)9-23-17-16(22)18(25-10-24-17)26-27-19(28)14-7-4-12(20)8-15(14)21/h2-8,10H,9,22H2,1H3,(H,27,28)(H2,23,24,25,26). The van der Waals surface area contributed by atoms with Gasteiger partial charge in [0.1, 0.15) is 17.8 Å².